The molecule has 0 saturated carbocycles. The third kappa shape index (κ3) is 3.49. The number of nitrogens with zero attached hydrogens (tertiary/aromatic N) is 1. The van der Waals surface area contributed by atoms with Crippen LogP contribution < -0.4 is 11.2 Å². The number of aromatic amines is 1. The molecule has 1 aromatic rings. The van der Waals surface area contributed by atoms with Crippen LogP contribution in [0.4, 0.5) is 4.39 Å². The fourth-order valence-electron chi connectivity index (χ4n) is 2.64. The number of nitrogens with one attached hydrogen (secondary N) is 1. The van der Waals surface area contributed by atoms with Crippen LogP contribution in [-0.4, -0.2) is 39.6 Å². The van der Waals surface area contributed by atoms with Gasteiger partial charge in [-0.2, -0.15) is 0 Å². The number of hydrogen-bond acceptors (Lipinski definition) is 7. The fourth-order valence-corrected chi connectivity index (χ4v) is 5.61. The van der Waals surface area contributed by atoms with E-state index < -0.39 is 41.5 Å². The van der Waals surface area contributed by atoms with Crippen LogP contribution in [0.3, 0.4) is 0 Å². The van der Waals surface area contributed by atoms with Gasteiger partial charge in [0.1, 0.15) is 12.2 Å². The van der Waals surface area contributed by atoms with Crippen molar-refractivity contribution in [3.8, 4) is 0 Å². The monoisotopic (exact) mass is 414 g/mol. The van der Waals surface area contributed by atoms with Gasteiger partial charge in [-0.1, -0.05) is 11.6 Å². The molecular weight excluding hydrogens is 398 g/mol. The first-order valence-electron chi connectivity index (χ1n) is 7.50. The summed E-state index contributed by atoms with van der Waals surface area (Å²) in [5.74, 6) is 0. The summed E-state index contributed by atoms with van der Waals surface area (Å²) in [7, 11) is 0. The van der Waals surface area contributed by atoms with Crippen molar-refractivity contribution in [3.63, 3.8) is 0 Å². The van der Waals surface area contributed by atoms with Crippen LogP contribution in [0.15, 0.2) is 15.8 Å². The van der Waals surface area contributed by atoms with Gasteiger partial charge in [-0.15, -0.1) is 0 Å². The molecule has 0 amide bonds. The number of aryl methyl sites for hydroxylation is 1. The van der Waals surface area contributed by atoms with Crippen LogP contribution >= 0.6 is 18.3 Å². The Hall–Kier alpha value is -0.610. The standard InChI is InChI=1S/C13H17ClFN2O6PS/c1-6(2)22-24(25)20-5-8-9(23-24)13(14,15)11(21-8)17-4-7(3)10(18)16-12(17)19/h4,6,8-9,11H,5H2,1-3H3,(H,16,18,19). The summed E-state index contributed by atoms with van der Waals surface area (Å²) in [4.78, 5) is 25.6. The van der Waals surface area contributed by atoms with Crippen molar-refractivity contribution < 1.29 is 22.7 Å². The van der Waals surface area contributed by atoms with E-state index in [0.29, 0.717) is 0 Å². The summed E-state index contributed by atoms with van der Waals surface area (Å²) < 4.78 is 38.2. The SMILES string of the molecule is Cc1cn(C2OC3COP(=S)(OC(C)C)OC3C2(F)Cl)c(=O)[nH]c1=O. The van der Waals surface area contributed by atoms with Crippen molar-refractivity contribution in [1.82, 2.24) is 9.55 Å². The van der Waals surface area contributed by atoms with Crippen molar-refractivity contribution in [2.24, 2.45) is 0 Å². The molecule has 2 aliphatic heterocycles. The van der Waals surface area contributed by atoms with E-state index in [-0.39, 0.29) is 18.3 Å². The quantitative estimate of drug-likeness (QED) is 0.594. The van der Waals surface area contributed by atoms with E-state index in [2.05, 4.69) is 4.98 Å². The van der Waals surface area contributed by atoms with Crippen molar-refractivity contribution in [3.05, 3.63) is 32.6 Å². The zero-order valence-electron chi connectivity index (χ0n) is 13.6. The maximum atomic E-state index is 15.3. The summed E-state index contributed by atoms with van der Waals surface area (Å²) in [5.41, 5.74) is -1.22. The molecule has 2 aliphatic rings. The molecule has 2 saturated heterocycles. The highest BCUT2D eigenvalue weighted by atomic mass is 35.5. The van der Waals surface area contributed by atoms with E-state index in [1.54, 1.807) is 13.8 Å². The van der Waals surface area contributed by atoms with Crippen molar-refractivity contribution in [1.29, 1.82) is 0 Å². The molecule has 0 aromatic carbocycles. The van der Waals surface area contributed by atoms with Crippen molar-refractivity contribution in [2.75, 3.05) is 6.61 Å². The van der Waals surface area contributed by atoms with Gasteiger partial charge in [-0.25, -0.2) is 9.18 Å². The van der Waals surface area contributed by atoms with E-state index in [4.69, 9.17) is 41.7 Å². The van der Waals surface area contributed by atoms with Gasteiger partial charge in [-0.3, -0.25) is 18.9 Å². The van der Waals surface area contributed by atoms with E-state index in [1.165, 1.54) is 13.1 Å². The van der Waals surface area contributed by atoms with Gasteiger partial charge >= 0.3 is 12.4 Å². The zero-order chi connectivity index (χ0) is 18.6. The highest BCUT2D eigenvalue weighted by Crippen LogP contribution is 2.61. The Morgan fingerprint density at radius 3 is 2.88 bits per heavy atom. The normalized spacial score (nSPS) is 38.1. The molecule has 25 heavy (non-hydrogen) atoms. The predicted molar refractivity (Wildman–Crippen MR) is 91.0 cm³/mol. The van der Waals surface area contributed by atoms with E-state index in [1.807, 2.05) is 0 Å². The molecule has 0 bridgehead atoms. The topological polar surface area (TPSA) is 91.8 Å². The smallest absolute Gasteiger partial charge is 0.330 e. The molecule has 0 spiro atoms. The van der Waals surface area contributed by atoms with Crippen LogP contribution in [0.25, 0.3) is 0 Å². The number of halogens is 2. The lowest BCUT2D eigenvalue weighted by Gasteiger charge is -2.35. The number of rotatable bonds is 3. The lowest BCUT2D eigenvalue weighted by molar-refractivity contribution is -0.0657. The summed E-state index contributed by atoms with van der Waals surface area (Å²) in [6, 6.07) is 0. The molecule has 1 N–H and O–H groups in total. The van der Waals surface area contributed by atoms with Crippen LogP contribution in [-0.2, 0) is 30.1 Å². The maximum Gasteiger partial charge on any atom is 0.330 e. The average molecular weight is 415 g/mol. The van der Waals surface area contributed by atoms with Crippen LogP contribution in [0.5, 0.6) is 0 Å². The second-order valence-electron chi connectivity index (χ2n) is 6.10. The van der Waals surface area contributed by atoms with Crippen LogP contribution in [0.1, 0.15) is 25.6 Å². The van der Waals surface area contributed by atoms with Gasteiger partial charge < -0.3 is 13.8 Å². The number of fused-ring (bicyclic) bond motifs is 1. The largest absolute Gasteiger partial charge is 0.344 e. The highest BCUT2D eigenvalue weighted by molar-refractivity contribution is 8.07. The molecule has 0 aliphatic carbocycles. The first-order valence-corrected chi connectivity index (χ1v) is 10.4. The second kappa shape index (κ2) is 6.53. The second-order valence-corrected chi connectivity index (χ2v) is 9.60. The number of aromatic nitrogens is 2. The van der Waals surface area contributed by atoms with E-state index >= 15 is 4.39 Å². The molecule has 8 nitrogen and oxygen atoms in total. The Balaban J connectivity index is 1.94. The fraction of sp³-hybridized carbons (Fsp3) is 0.692. The first kappa shape index (κ1) is 19.2. The third-order valence-corrected chi connectivity index (χ3v) is 6.59. The lowest BCUT2D eigenvalue weighted by atomic mass is 10.1. The van der Waals surface area contributed by atoms with E-state index in [0.717, 1.165) is 4.57 Å². The minimum Gasteiger partial charge on any atom is -0.344 e. The molecule has 2 fully saturated rings. The molecule has 3 heterocycles. The van der Waals surface area contributed by atoms with Gasteiger partial charge in [0.2, 0.25) is 0 Å². The number of ether oxygens (including phenoxy) is 1. The summed E-state index contributed by atoms with van der Waals surface area (Å²) in [6.45, 7) is 1.69. The molecule has 0 radical (unpaired) electrons. The number of H-pyrrole nitrogens is 1. The van der Waals surface area contributed by atoms with Gasteiger partial charge in [0.05, 0.1) is 12.7 Å². The molecule has 1 aromatic heterocycles. The van der Waals surface area contributed by atoms with Crippen LogP contribution in [0.2, 0.25) is 0 Å². The highest BCUT2D eigenvalue weighted by Gasteiger charge is 2.62. The Morgan fingerprint density at radius 2 is 2.24 bits per heavy atom. The Labute approximate surface area is 152 Å². The van der Waals surface area contributed by atoms with Gasteiger partial charge in [0.15, 0.2) is 6.23 Å². The number of alkyl halides is 2. The molecule has 140 valence electrons. The van der Waals surface area contributed by atoms with E-state index in [9.17, 15) is 9.59 Å². The van der Waals surface area contributed by atoms with Crippen molar-refractivity contribution in [2.45, 2.75) is 50.4 Å². The van der Waals surface area contributed by atoms with Crippen molar-refractivity contribution >= 4 is 30.1 Å². The first-order chi connectivity index (χ1) is 11.5. The van der Waals surface area contributed by atoms with Gasteiger partial charge in [0.25, 0.3) is 10.7 Å². The Kier molecular flexibility index (Phi) is 5.00. The van der Waals surface area contributed by atoms with Crippen LogP contribution in [0, 0.1) is 6.92 Å². The predicted octanol–water partition coefficient (Wildman–Crippen LogP) is 1.71. The average Bonchev–Trinajstić information content (AvgIpc) is 2.73. The van der Waals surface area contributed by atoms with Gasteiger partial charge in [0, 0.05) is 11.8 Å². The molecule has 5 atom stereocenters. The minimum atomic E-state index is -3.18. The zero-order valence-corrected chi connectivity index (χ0v) is 16.1. The molecule has 3 rings (SSSR count). The maximum absolute atomic E-state index is 15.3. The molecule has 12 heteroatoms. The Morgan fingerprint density at radius 1 is 1.56 bits per heavy atom. The summed E-state index contributed by atoms with van der Waals surface area (Å²) in [6.07, 6.45) is -2.78. The Bertz CT molecular complexity index is 843. The number of hydrogen-bond donors (Lipinski definition) is 1. The molecule has 5 unspecified atom stereocenters. The third-order valence-electron chi connectivity index (χ3n) is 3.73. The minimum absolute atomic E-state index is 0.0827. The molecular formula is C13H17ClFN2O6PS. The summed E-state index contributed by atoms with van der Waals surface area (Å²) in [5, 5.41) is -2.60. The lowest BCUT2D eigenvalue weighted by Crippen LogP contribution is -2.45. The summed E-state index contributed by atoms with van der Waals surface area (Å²) >= 11 is 11.3. The van der Waals surface area contributed by atoms with Gasteiger partial charge in [-0.05, 0) is 32.6 Å².